The molecule has 152 valence electrons. The van der Waals surface area contributed by atoms with Gasteiger partial charge in [-0.05, 0) is 42.2 Å². The van der Waals surface area contributed by atoms with Crippen LogP contribution in [0.4, 0.5) is 5.69 Å². The van der Waals surface area contributed by atoms with E-state index in [9.17, 15) is 5.11 Å². The number of β-amino-alcohol motifs (C(OH)–C–C–N with tert-alkyl or cyclic N) is 1. The maximum Gasteiger partial charge on any atom is 0.122 e. The van der Waals surface area contributed by atoms with Gasteiger partial charge in [-0.25, -0.2) is 0 Å². The smallest absolute Gasteiger partial charge is 0.122 e. The van der Waals surface area contributed by atoms with Crippen LogP contribution in [0, 0.1) is 0 Å². The third-order valence-corrected chi connectivity index (χ3v) is 5.74. The summed E-state index contributed by atoms with van der Waals surface area (Å²) in [6.07, 6.45) is 0.572. The summed E-state index contributed by atoms with van der Waals surface area (Å²) in [5.74, 6) is 1.34. The maximum absolute atomic E-state index is 10.5. The number of nitrogens with zero attached hydrogens (tertiary/aromatic N) is 2. The number of para-hydroxylation sites is 1. The van der Waals surface area contributed by atoms with Crippen molar-refractivity contribution in [1.82, 2.24) is 4.90 Å². The first-order valence-electron chi connectivity index (χ1n) is 10.2. The van der Waals surface area contributed by atoms with Gasteiger partial charge in [0.15, 0.2) is 0 Å². The van der Waals surface area contributed by atoms with Crippen LogP contribution >= 0.6 is 11.6 Å². The van der Waals surface area contributed by atoms with Crippen molar-refractivity contribution in [2.24, 2.45) is 0 Å². The fourth-order valence-corrected chi connectivity index (χ4v) is 3.82. The Kier molecular flexibility index (Phi) is 7.60. The SMILES string of the molecule is CCC(C)c1ccccc1OCC(O)CN1CCN(c2cccc(Cl)c2)CC1. The van der Waals surface area contributed by atoms with Gasteiger partial charge < -0.3 is 14.7 Å². The summed E-state index contributed by atoms with van der Waals surface area (Å²) >= 11 is 6.10. The van der Waals surface area contributed by atoms with Crippen molar-refractivity contribution >= 4 is 17.3 Å². The molecule has 2 atom stereocenters. The number of aliphatic hydroxyl groups excluding tert-OH is 1. The molecule has 0 saturated carbocycles. The molecular formula is C23H31ClN2O2. The average Bonchev–Trinajstić information content (AvgIpc) is 2.72. The van der Waals surface area contributed by atoms with Crippen molar-refractivity contribution < 1.29 is 9.84 Å². The number of hydrogen-bond acceptors (Lipinski definition) is 4. The minimum atomic E-state index is -0.497. The highest BCUT2D eigenvalue weighted by molar-refractivity contribution is 6.30. The lowest BCUT2D eigenvalue weighted by atomic mass is 9.98. The van der Waals surface area contributed by atoms with E-state index in [1.807, 2.05) is 36.4 Å². The quantitative estimate of drug-likeness (QED) is 0.709. The number of hydrogen-bond donors (Lipinski definition) is 1. The molecule has 3 rings (SSSR count). The zero-order chi connectivity index (χ0) is 19.9. The Balaban J connectivity index is 1.46. The van der Waals surface area contributed by atoms with Crippen molar-refractivity contribution in [3.63, 3.8) is 0 Å². The summed E-state index contributed by atoms with van der Waals surface area (Å²) in [5, 5.41) is 11.2. The van der Waals surface area contributed by atoms with Crippen LogP contribution in [-0.2, 0) is 0 Å². The first-order chi connectivity index (χ1) is 13.6. The molecule has 5 heteroatoms. The van der Waals surface area contributed by atoms with Crippen molar-refractivity contribution in [3.05, 3.63) is 59.1 Å². The second kappa shape index (κ2) is 10.1. The number of ether oxygens (including phenoxy) is 1. The van der Waals surface area contributed by atoms with E-state index < -0.39 is 6.10 Å². The van der Waals surface area contributed by atoms with Crippen LogP contribution in [0.5, 0.6) is 5.75 Å². The maximum atomic E-state index is 10.5. The zero-order valence-corrected chi connectivity index (χ0v) is 17.6. The molecule has 2 aromatic carbocycles. The van der Waals surface area contributed by atoms with E-state index in [0.29, 0.717) is 19.1 Å². The number of aliphatic hydroxyl groups is 1. The van der Waals surface area contributed by atoms with Crippen molar-refractivity contribution in [1.29, 1.82) is 0 Å². The van der Waals surface area contributed by atoms with Crippen LogP contribution in [-0.4, -0.2) is 55.4 Å². The first kappa shape index (κ1) is 21.0. The average molecular weight is 403 g/mol. The molecular weight excluding hydrogens is 372 g/mol. The number of benzene rings is 2. The highest BCUT2D eigenvalue weighted by atomic mass is 35.5. The number of piperazine rings is 1. The van der Waals surface area contributed by atoms with Gasteiger partial charge in [-0.3, -0.25) is 4.90 Å². The number of halogens is 1. The molecule has 0 aromatic heterocycles. The molecule has 2 unspecified atom stereocenters. The van der Waals surface area contributed by atoms with Crippen LogP contribution in [0.15, 0.2) is 48.5 Å². The van der Waals surface area contributed by atoms with Crippen molar-refractivity contribution in [3.8, 4) is 5.75 Å². The Morgan fingerprint density at radius 2 is 1.82 bits per heavy atom. The number of rotatable bonds is 8. The Labute approximate surface area is 173 Å². The van der Waals surface area contributed by atoms with Crippen LogP contribution in [0.1, 0.15) is 31.7 Å². The fourth-order valence-electron chi connectivity index (χ4n) is 3.64. The Morgan fingerprint density at radius 1 is 1.07 bits per heavy atom. The molecule has 4 nitrogen and oxygen atoms in total. The molecule has 1 aliphatic rings. The summed E-state index contributed by atoms with van der Waals surface area (Å²) in [4.78, 5) is 4.64. The zero-order valence-electron chi connectivity index (χ0n) is 16.9. The number of anilines is 1. The monoisotopic (exact) mass is 402 g/mol. The van der Waals surface area contributed by atoms with Gasteiger partial charge in [0.05, 0.1) is 0 Å². The Bertz CT molecular complexity index is 747. The molecule has 1 heterocycles. The standard InChI is InChI=1S/C23H31ClN2O2/c1-3-18(2)22-9-4-5-10-23(22)28-17-21(27)16-25-11-13-26(14-12-25)20-8-6-7-19(24)15-20/h4-10,15,18,21,27H,3,11-14,16-17H2,1-2H3. The van der Waals surface area contributed by atoms with E-state index in [4.69, 9.17) is 16.3 Å². The molecule has 0 amide bonds. The summed E-state index contributed by atoms with van der Waals surface area (Å²) in [6.45, 7) is 9.06. The lowest BCUT2D eigenvalue weighted by Crippen LogP contribution is -2.49. The predicted molar refractivity (Wildman–Crippen MR) is 117 cm³/mol. The second-order valence-electron chi connectivity index (χ2n) is 7.58. The summed E-state index contributed by atoms with van der Waals surface area (Å²) < 4.78 is 5.97. The van der Waals surface area contributed by atoms with Crippen LogP contribution in [0.3, 0.4) is 0 Å². The molecule has 28 heavy (non-hydrogen) atoms. The second-order valence-corrected chi connectivity index (χ2v) is 8.02. The van der Waals surface area contributed by atoms with Gasteiger partial charge in [-0.15, -0.1) is 0 Å². The topological polar surface area (TPSA) is 35.9 Å². The van der Waals surface area contributed by atoms with Crippen molar-refractivity contribution in [2.75, 3.05) is 44.2 Å². The molecule has 1 N–H and O–H groups in total. The molecule has 1 aliphatic heterocycles. The molecule has 1 saturated heterocycles. The highest BCUT2D eigenvalue weighted by Crippen LogP contribution is 2.28. The lowest BCUT2D eigenvalue weighted by Gasteiger charge is -2.37. The van der Waals surface area contributed by atoms with E-state index >= 15 is 0 Å². The minimum absolute atomic E-state index is 0.321. The largest absolute Gasteiger partial charge is 0.491 e. The Morgan fingerprint density at radius 3 is 2.54 bits per heavy atom. The third kappa shape index (κ3) is 5.63. The van der Waals surface area contributed by atoms with Gasteiger partial charge in [0.25, 0.3) is 0 Å². The van der Waals surface area contributed by atoms with Gasteiger partial charge in [0, 0.05) is 43.4 Å². The molecule has 2 aromatic rings. The van der Waals surface area contributed by atoms with Crippen LogP contribution in [0.25, 0.3) is 0 Å². The normalized spacial score (nSPS) is 17.4. The molecule has 0 aliphatic carbocycles. The molecule has 0 bridgehead atoms. The molecule has 1 fully saturated rings. The van der Waals surface area contributed by atoms with E-state index in [1.54, 1.807) is 0 Å². The Hall–Kier alpha value is -1.75. The van der Waals surface area contributed by atoms with Gasteiger partial charge >= 0.3 is 0 Å². The first-order valence-corrected chi connectivity index (χ1v) is 10.6. The van der Waals surface area contributed by atoms with Gasteiger partial charge in [0.1, 0.15) is 18.5 Å². The van der Waals surface area contributed by atoms with E-state index in [0.717, 1.165) is 49.1 Å². The van der Waals surface area contributed by atoms with E-state index in [-0.39, 0.29) is 0 Å². The van der Waals surface area contributed by atoms with Crippen molar-refractivity contribution in [2.45, 2.75) is 32.3 Å². The third-order valence-electron chi connectivity index (χ3n) is 5.51. The molecule has 0 spiro atoms. The molecule has 0 radical (unpaired) electrons. The predicted octanol–water partition coefficient (Wildman–Crippen LogP) is 4.42. The highest BCUT2D eigenvalue weighted by Gasteiger charge is 2.20. The fraction of sp³-hybridized carbons (Fsp3) is 0.478. The summed E-state index contributed by atoms with van der Waals surface area (Å²) in [5.41, 5.74) is 2.38. The van der Waals surface area contributed by atoms with E-state index in [1.165, 1.54) is 5.56 Å². The summed E-state index contributed by atoms with van der Waals surface area (Å²) in [7, 11) is 0. The van der Waals surface area contributed by atoms with Gasteiger partial charge in [-0.2, -0.15) is 0 Å². The van der Waals surface area contributed by atoms with E-state index in [2.05, 4.69) is 35.8 Å². The van der Waals surface area contributed by atoms with Gasteiger partial charge in [0.2, 0.25) is 0 Å². The lowest BCUT2D eigenvalue weighted by molar-refractivity contribution is 0.0658. The van der Waals surface area contributed by atoms with Crippen LogP contribution < -0.4 is 9.64 Å². The van der Waals surface area contributed by atoms with Crippen LogP contribution in [0.2, 0.25) is 5.02 Å². The minimum Gasteiger partial charge on any atom is -0.491 e. The van der Waals surface area contributed by atoms with Gasteiger partial charge in [-0.1, -0.05) is 49.7 Å². The summed E-state index contributed by atoms with van der Waals surface area (Å²) in [6, 6.07) is 16.1.